The maximum atomic E-state index is 10.6. The predicted octanol–water partition coefficient (Wildman–Crippen LogP) is 2.84. The Kier molecular flexibility index (Phi) is 4.21. The zero-order valence-electron chi connectivity index (χ0n) is 10.3. The Hall–Kier alpha value is -2.54. The van der Waals surface area contributed by atoms with Crippen molar-refractivity contribution in [3.63, 3.8) is 0 Å². The van der Waals surface area contributed by atoms with Gasteiger partial charge in [0.05, 0.1) is 4.92 Å². The van der Waals surface area contributed by atoms with Crippen molar-refractivity contribution in [2.75, 3.05) is 0 Å². The van der Waals surface area contributed by atoms with E-state index in [0.717, 1.165) is 9.79 Å². The molecular formula is C13H11N3O3S. The van der Waals surface area contributed by atoms with Crippen LogP contribution >= 0.6 is 11.8 Å². The summed E-state index contributed by atoms with van der Waals surface area (Å²) in [6.07, 6.45) is 0. The van der Waals surface area contributed by atoms with E-state index in [1.54, 1.807) is 24.3 Å². The lowest BCUT2D eigenvalue weighted by Gasteiger charge is -2.07. The second kappa shape index (κ2) is 6.07. The largest absolute Gasteiger partial charge is 0.409 e. The molecule has 0 fully saturated rings. The SMILES string of the molecule is N/C(=N\O)c1ccccc1Sc1ccc([N+](=O)[O-])cc1. The molecule has 3 N–H and O–H groups in total. The molecule has 6 nitrogen and oxygen atoms in total. The van der Waals surface area contributed by atoms with E-state index >= 15 is 0 Å². The quantitative estimate of drug-likeness (QED) is 0.296. The first-order valence-corrected chi connectivity index (χ1v) is 6.42. The smallest absolute Gasteiger partial charge is 0.269 e. The Morgan fingerprint density at radius 3 is 2.45 bits per heavy atom. The molecule has 0 spiro atoms. The number of hydrogen-bond donors (Lipinski definition) is 2. The summed E-state index contributed by atoms with van der Waals surface area (Å²) >= 11 is 1.38. The van der Waals surface area contributed by atoms with E-state index in [1.165, 1.54) is 23.9 Å². The summed E-state index contributed by atoms with van der Waals surface area (Å²) in [5, 5.41) is 22.3. The van der Waals surface area contributed by atoms with Crippen molar-refractivity contribution < 1.29 is 10.1 Å². The van der Waals surface area contributed by atoms with Gasteiger partial charge in [0.25, 0.3) is 5.69 Å². The van der Waals surface area contributed by atoms with Gasteiger partial charge in [0.15, 0.2) is 5.84 Å². The van der Waals surface area contributed by atoms with Gasteiger partial charge < -0.3 is 10.9 Å². The summed E-state index contributed by atoms with van der Waals surface area (Å²) in [4.78, 5) is 11.8. The van der Waals surface area contributed by atoms with E-state index in [4.69, 9.17) is 10.9 Å². The van der Waals surface area contributed by atoms with Crippen molar-refractivity contribution in [2.24, 2.45) is 10.9 Å². The molecular weight excluding hydrogens is 278 g/mol. The number of non-ortho nitro benzene ring substituents is 1. The molecule has 0 aliphatic carbocycles. The molecule has 0 saturated heterocycles. The lowest BCUT2D eigenvalue weighted by atomic mass is 10.2. The van der Waals surface area contributed by atoms with Crippen molar-refractivity contribution in [1.82, 2.24) is 0 Å². The highest BCUT2D eigenvalue weighted by Crippen LogP contribution is 2.31. The summed E-state index contributed by atoms with van der Waals surface area (Å²) in [6, 6.07) is 13.4. The molecule has 2 rings (SSSR count). The molecule has 0 atom stereocenters. The first kappa shape index (κ1) is 13.9. The lowest BCUT2D eigenvalue weighted by molar-refractivity contribution is -0.384. The number of rotatable bonds is 4. The van der Waals surface area contributed by atoms with Gasteiger partial charge in [-0.1, -0.05) is 35.1 Å². The summed E-state index contributed by atoms with van der Waals surface area (Å²) in [6.45, 7) is 0. The highest BCUT2D eigenvalue weighted by Gasteiger charge is 2.09. The molecule has 0 amide bonds. The van der Waals surface area contributed by atoms with Gasteiger partial charge in [0.1, 0.15) is 0 Å². The van der Waals surface area contributed by atoms with Gasteiger partial charge in [0.2, 0.25) is 0 Å². The van der Waals surface area contributed by atoms with Crippen molar-refractivity contribution in [2.45, 2.75) is 9.79 Å². The maximum absolute atomic E-state index is 10.6. The minimum atomic E-state index is -0.446. The van der Waals surface area contributed by atoms with Gasteiger partial charge in [-0.05, 0) is 18.2 Å². The normalized spacial score (nSPS) is 11.3. The molecule has 0 unspecified atom stereocenters. The van der Waals surface area contributed by atoms with Crippen LogP contribution in [0, 0.1) is 10.1 Å². The maximum Gasteiger partial charge on any atom is 0.269 e. The lowest BCUT2D eigenvalue weighted by Crippen LogP contribution is -2.13. The van der Waals surface area contributed by atoms with Gasteiger partial charge in [-0.25, -0.2) is 0 Å². The summed E-state index contributed by atoms with van der Waals surface area (Å²) in [7, 11) is 0. The van der Waals surface area contributed by atoms with Crippen LogP contribution in [0.4, 0.5) is 5.69 Å². The zero-order valence-corrected chi connectivity index (χ0v) is 11.1. The number of hydrogen-bond acceptors (Lipinski definition) is 5. The monoisotopic (exact) mass is 289 g/mol. The Bertz CT molecular complexity index is 656. The van der Waals surface area contributed by atoms with Crippen molar-refractivity contribution in [1.29, 1.82) is 0 Å². The van der Waals surface area contributed by atoms with Crippen LogP contribution in [0.5, 0.6) is 0 Å². The van der Waals surface area contributed by atoms with Crippen LogP contribution in [0.25, 0.3) is 0 Å². The molecule has 102 valence electrons. The van der Waals surface area contributed by atoms with Crippen LogP contribution in [0.1, 0.15) is 5.56 Å². The third-order valence-electron chi connectivity index (χ3n) is 2.55. The number of nitrogens with zero attached hydrogens (tertiary/aromatic N) is 2. The van der Waals surface area contributed by atoms with Crippen molar-refractivity contribution >= 4 is 23.3 Å². The van der Waals surface area contributed by atoms with Crippen molar-refractivity contribution in [3.05, 3.63) is 64.2 Å². The second-order valence-electron chi connectivity index (χ2n) is 3.83. The van der Waals surface area contributed by atoms with Gasteiger partial charge in [-0.2, -0.15) is 0 Å². The topological polar surface area (TPSA) is 102 Å². The molecule has 0 bridgehead atoms. The predicted molar refractivity (Wildman–Crippen MR) is 76.2 cm³/mol. The third-order valence-corrected chi connectivity index (χ3v) is 3.63. The van der Waals surface area contributed by atoms with Crippen molar-refractivity contribution in [3.8, 4) is 0 Å². The highest BCUT2D eigenvalue weighted by molar-refractivity contribution is 7.99. The zero-order chi connectivity index (χ0) is 14.5. The Morgan fingerprint density at radius 1 is 1.20 bits per heavy atom. The van der Waals surface area contributed by atoms with E-state index < -0.39 is 4.92 Å². The van der Waals surface area contributed by atoms with Crippen LogP contribution in [-0.2, 0) is 0 Å². The van der Waals surface area contributed by atoms with Crippen LogP contribution in [-0.4, -0.2) is 16.0 Å². The third kappa shape index (κ3) is 3.07. The molecule has 0 radical (unpaired) electrons. The molecule has 0 heterocycles. The van der Waals surface area contributed by atoms with Crippen LogP contribution in [0.3, 0.4) is 0 Å². The average molecular weight is 289 g/mol. The minimum absolute atomic E-state index is 0.0232. The summed E-state index contributed by atoms with van der Waals surface area (Å²) in [5.74, 6) is 0.0232. The second-order valence-corrected chi connectivity index (χ2v) is 4.95. The van der Waals surface area contributed by atoms with E-state index in [-0.39, 0.29) is 11.5 Å². The Balaban J connectivity index is 2.28. The van der Waals surface area contributed by atoms with Crippen LogP contribution < -0.4 is 5.73 Å². The Labute approximate surface area is 119 Å². The van der Waals surface area contributed by atoms with Crippen LogP contribution in [0.15, 0.2) is 63.5 Å². The average Bonchev–Trinajstić information content (AvgIpc) is 2.47. The fourth-order valence-corrected chi connectivity index (χ4v) is 2.54. The number of nitro groups is 1. The first-order chi connectivity index (χ1) is 9.61. The standard InChI is InChI=1S/C13H11N3O3S/c14-13(15-17)11-3-1-2-4-12(11)20-10-7-5-9(6-8-10)16(18)19/h1-8,17H,(H2,14,15). The van der Waals surface area contributed by atoms with Gasteiger partial charge in [-0.15, -0.1) is 0 Å². The van der Waals surface area contributed by atoms with Gasteiger partial charge in [0, 0.05) is 27.5 Å². The molecule has 2 aromatic rings. The molecule has 0 aromatic heterocycles. The van der Waals surface area contributed by atoms with E-state index in [0.29, 0.717) is 5.56 Å². The molecule has 7 heteroatoms. The molecule has 2 aromatic carbocycles. The summed E-state index contributed by atoms with van der Waals surface area (Å²) in [5.41, 5.74) is 6.26. The minimum Gasteiger partial charge on any atom is -0.409 e. The number of benzene rings is 2. The number of nitrogens with two attached hydrogens (primary N) is 1. The number of nitro benzene ring substituents is 1. The van der Waals surface area contributed by atoms with E-state index in [1.807, 2.05) is 12.1 Å². The number of oxime groups is 1. The highest BCUT2D eigenvalue weighted by atomic mass is 32.2. The van der Waals surface area contributed by atoms with Gasteiger partial charge in [-0.3, -0.25) is 10.1 Å². The molecule has 20 heavy (non-hydrogen) atoms. The first-order valence-electron chi connectivity index (χ1n) is 5.61. The van der Waals surface area contributed by atoms with Gasteiger partial charge >= 0.3 is 0 Å². The fraction of sp³-hybridized carbons (Fsp3) is 0. The van der Waals surface area contributed by atoms with E-state index in [9.17, 15) is 10.1 Å². The molecule has 0 aliphatic rings. The van der Waals surface area contributed by atoms with E-state index in [2.05, 4.69) is 5.16 Å². The molecule has 0 aliphatic heterocycles. The molecule has 0 saturated carbocycles. The summed E-state index contributed by atoms with van der Waals surface area (Å²) < 4.78 is 0. The van der Waals surface area contributed by atoms with Crippen LogP contribution in [0.2, 0.25) is 0 Å². The number of amidine groups is 1. The Morgan fingerprint density at radius 2 is 1.85 bits per heavy atom. The fourth-order valence-electron chi connectivity index (χ4n) is 1.58.